The Bertz CT molecular complexity index is 796. The van der Waals surface area contributed by atoms with Crippen LogP contribution in [-0.2, 0) is 20.8 Å². The van der Waals surface area contributed by atoms with Crippen molar-refractivity contribution in [2.75, 3.05) is 6.61 Å². The van der Waals surface area contributed by atoms with Gasteiger partial charge in [-0.2, -0.15) is 5.26 Å². The van der Waals surface area contributed by atoms with Crippen LogP contribution < -0.4 is 16.6 Å². The van der Waals surface area contributed by atoms with Gasteiger partial charge in [0.05, 0.1) is 6.54 Å². The molecule has 0 saturated carbocycles. The number of aromatic amines is 1. The van der Waals surface area contributed by atoms with E-state index in [1.54, 1.807) is 26.8 Å². The smallest absolute Gasteiger partial charge is 0.408 e. The molecule has 25 heavy (non-hydrogen) atoms. The zero-order chi connectivity index (χ0) is 19.2. The van der Waals surface area contributed by atoms with Crippen LogP contribution in [0.25, 0.3) is 0 Å². The zero-order valence-electron chi connectivity index (χ0n) is 14.4. The number of aryl methyl sites for hydroxylation is 1. The molecule has 0 spiro atoms. The molecule has 10 nitrogen and oxygen atoms in total. The molecule has 10 heteroatoms. The van der Waals surface area contributed by atoms with E-state index in [2.05, 4.69) is 10.3 Å². The lowest BCUT2D eigenvalue weighted by Gasteiger charge is -2.23. The van der Waals surface area contributed by atoms with Crippen molar-refractivity contribution in [3.05, 3.63) is 32.6 Å². The summed E-state index contributed by atoms with van der Waals surface area (Å²) in [6.45, 7) is 5.60. The molecular weight excluding hydrogens is 332 g/mol. The number of H-pyrrole nitrogens is 1. The molecule has 2 N–H and O–H groups in total. The van der Waals surface area contributed by atoms with Crippen molar-refractivity contribution < 1.29 is 19.1 Å². The molecule has 1 aromatic heterocycles. The Morgan fingerprint density at radius 2 is 2.04 bits per heavy atom. The van der Waals surface area contributed by atoms with E-state index in [0.29, 0.717) is 0 Å². The molecule has 0 radical (unpaired) electrons. The number of hydrogen-bond acceptors (Lipinski definition) is 7. The van der Waals surface area contributed by atoms with Crippen molar-refractivity contribution in [1.29, 1.82) is 5.26 Å². The lowest BCUT2D eigenvalue weighted by atomic mass is 10.2. The molecule has 0 saturated heterocycles. The van der Waals surface area contributed by atoms with Crippen LogP contribution in [0.5, 0.6) is 0 Å². The number of rotatable bonds is 5. The number of nitriles is 1. The summed E-state index contributed by atoms with van der Waals surface area (Å²) in [6.07, 6.45) is 0.364. The molecular formula is C15H20N4O6. The first-order valence-corrected chi connectivity index (χ1v) is 7.37. The minimum Gasteiger partial charge on any atom is -0.449 e. The summed E-state index contributed by atoms with van der Waals surface area (Å²) < 4.78 is 10.8. The number of hydrogen-bond donors (Lipinski definition) is 2. The molecule has 0 aliphatic heterocycles. The Kier molecular flexibility index (Phi) is 6.50. The molecule has 1 rings (SSSR count). The van der Waals surface area contributed by atoms with Crippen LogP contribution in [0.4, 0.5) is 4.79 Å². The molecule has 0 bridgehead atoms. The summed E-state index contributed by atoms with van der Waals surface area (Å²) >= 11 is 0. The van der Waals surface area contributed by atoms with E-state index in [-0.39, 0.29) is 12.1 Å². The van der Waals surface area contributed by atoms with Gasteiger partial charge in [-0.15, -0.1) is 0 Å². The third kappa shape index (κ3) is 6.50. The topological polar surface area (TPSA) is 143 Å². The van der Waals surface area contributed by atoms with Crippen LogP contribution in [0.1, 0.15) is 26.3 Å². The van der Waals surface area contributed by atoms with Crippen molar-refractivity contribution in [1.82, 2.24) is 14.9 Å². The average molecular weight is 352 g/mol. The lowest BCUT2D eigenvalue weighted by Crippen LogP contribution is -2.48. The van der Waals surface area contributed by atoms with Crippen LogP contribution >= 0.6 is 0 Å². The van der Waals surface area contributed by atoms with Gasteiger partial charge in [0.15, 0.2) is 6.61 Å². The van der Waals surface area contributed by atoms with Crippen LogP contribution in [0.2, 0.25) is 0 Å². The number of ether oxygens (including phenoxy) is 2. The first-order valence-electron chi connectivity index (χ1n) is 7.37. The molecule has 0 aliphatic rings. The van der Waals surface area contributed by atoms with Crippen LogP contribution in [0.15, 0.2) is 15.8 Å². The second kappa shape index (κ2) is 8.14. The zero-order valence-corrected chi connectivity index (χ0v) is 14.4. The van der Waals surface area contributed by atoms with E-state index in [1.165, 1.54) is 13.1 Å². The number of aromatic nitrogens is 2. The molecule has 1 heterocycles. The van der Waals surface area contributed by atoms with E-state index in [4.69, 9.17) is 14.7 Å². The van der Waals surface area contributed by atoms with Gasteiger partial charge in [0, 0.05) is 11.8 Å². The fourth-order valence-corrected chi connectivity index (χ4v) is 1.78. The number of amides is 1. The molecule has 136 valence electrons. The summed E-state index contributed by atoms with van der Waals surface area (Å²) in [7, 11) is 0. The number of nitrogens with zero attached hydrogens (tertiary/aromatic N) is 2. The van der Waals surface area contributed by atoms with E-state index >= 15 is 0 Å². The molecule has 0 fully saturated rings. The number of carbonyl (C=O) groups excluding carboxylic acids is 2. The predicted octanol–water partition coefficient (Wildman–Crippen LogP) is -0.195. The van der Waals surface area contributed by atoms with Crippen LogP contribution in [0, 0.1) is 18.3 Å². The highest BCUT2D eigenvalue weighted by molar-refractivity contribution is 5.81. The largest absolute Gasteiger partial charge is 0.449 e. The highest BCUT2D eigenvalue weighted by atomic mass is 16.6. The first kappa shape index (κ1) is 20.0. The maximum atomic E-state index is 12.0. The van der Waals surface area contributed by atoms with Gasteiger partial charge in [-0.25, -0.2) is 14.4 Å². The number of esters is 1. The fraction of sp³-hybridized carbons (Fsp3) is 0.533. The Labute approximate surface area is 143 Å². The summed E-state index contributed by atoms with van der Waals surface area (Å²) in [4.78, 5) is 49.3. The van der Waals surface area contributed by atoms with Gasteiger partial charge >= 0.3 is 17.8 Å². The van der Waals surface area contributed by atoms with Crippen LogP contribution in [-0.4, -0.2) is 39.9 Å². The average Bonchev–Trinajstić information content (AvgIpc) is 2.47. The summed E-state index contributed by atoms with van der Waals surface area (Å²) in [5.41, 5.74) is -1.85. The Hall–Kier alpha value is -3.09. The van der Waals surface area contributed by atoms with Gasteiger partial charge in [-0.3, -0.25) is 14.3 Å². The highest BCUT2D eigenvalue weighted by Gasteiger charge is 2.26. The second-order valence-electron chi connectivity index (χ2n) is 6.19. The minimum absolute atomic E-state index is 0.251. The van der Waals surface area contributed by atoms with Gasteiger partial charge in [0.2, 0.25) is 0 Å². The van der Waals surface area contributed by atoms with Crippen molar-refractivity contribution in [3.8, 4) is 6.07 Å². The third-order valence-electron chi connectivity index (χ3n) is 2.82. The van der Waals surface area contributed by atoms with E-state index in [0.717, 1.165) is 4.57 Å². The summed E-state index contributed by atoms with van der Waals surface area (Å²) in [6, 6.07) is 0.348. The SMILES string of the molecule is Cc1cn(CC(NC(=O)OC(C)(C)C)C(=O)OCC#N)c(=O)[nH]c1=O. The van der Waals surface area contributed by atoms with Crippen molar-refractivity contribution in [2.24, 2.45) is 0 Å². The van der Waals surface area contributed by atoms with Gasteiger partial charge < -0.3 is 14.8 Å². The number of nitrogens with one attached hydrogen (secondary N) is 2. The third-order valence-corrected chi connectivity index (χ3v) is 2.82. The van der Waals surface area contributed by atoms with Gasteiger partial charge in [-0.1, -0.05) is 0 Å². The predicted molar refractivity (Wildman–Crippen MR) is 85.8 cm³/mol. The Balaban J connectivity index is 3.03. The molecule has 1 unspecified atom stereocenters. The highest BCUT2D eigenvalue weighted by Crippen LogP contribution is 2.07. The summed E-state index contributed by atoms with van der Waals surface area (Å²) in [5, 5.41) is 10.8. The van der Waals surface area contributed by atoms with Crippen LogP contribution in [0.3, 0.4) is 0 Å². The monoisotopic (exact) mass is 352 g/mol. The van der Waals surface area contributed by atoms with Crippen molar-refractivity contribution in [2.45, 2.75) is 45.9 Å². The van der Waals surface area contributed by atoms with E-state index in [1.807, 2.05) is 0 Å². The maximum Gasteiger partial charge on any atom is 0.408 e. The second-order valence-corrected chi connectivity index (χ2v) is 6.19. The Morgan fingerprint density at radius 3 is 2.60 bits per heavy atom. The van der Waals surface area contributed by atoms with Gasteiger partial charge in [-0.05, 0) is 27.7 Å². The fourth-order valence-electron chi connectivity index (χ4n) is 1.78. The quantitative estimate of drug-likeness (QED) is 0.699. The molecule has 0 aromatic carbocycles. The molecule has 1 atom stereocenters. The minimum atomic E-state index is -1.29. The molecule has 1 amide bonds. The first-order chi connectivity index (χ1) is 11.5. The number of carbonyl (C=O) groups is 2. The maximum absolute atomic E-state index is 12.0. The van der Waals surface area contributed by atoms with Gasteiger partial charge in [0.1, 0.15) is 17.7 Å². The van der Waals surface area contributed by atoms with E-state index in [9.17, 15) is 19.2 Å². The molecule has 0 aliphatic carbocycles. The normalized spacial score (nSPS) is 12.0. The Morgan fingerprint density at radius 1 is 1.40 bits per heavy atom. The summed E-state index contributed by atoms with van der Waals surface area (Å²) in [5.74, 6) is -0.914. The van der Waals surface area contributed by atoms with Crippen molar-refractivity contribution in [3.63, 3.8) is 0 Å². The van der Waals surface area contributed by atoms with E-state index < -0.39 is 41.6 Å². The van der Waals surface area contributed by atoms with Gasteiger partial charge in [0.25, 0.3) is 5.56 Å². The number of alkyl carbamates (subject to hydrolysis) is 1. The standard InChI is InChI=1S/C15H20N4O6/c1-9-7-19(13(22)18-11(9)20)8-10(12(21)24-6-5-16)17-14(23)25-15(2,3)4/h7,10H,6,8H2,1-4H3,(H,17,23)(H,18,20,22). The van der Waals surface area contributed by atoms with Crippen molar-refractivity contribution >= 4 is 12.1 Å². The molecule has 1 aromatic rings. The lowest BCUT2D eigenvalue weighted by molar-refractivity contribution is -0.145.